The fourth-order valence-corrected chi connectivity index (χ4v) is 4.48. The largest absolute Gasteiger partial charge is 0.326 e. The lowest BCUT2D eigenvalue weighted by Crippen LogP contribution is -2.52. The van der Waals surface area contributed by atoms with Crippen LogP contribution in [-0.2, 0) is 4.79 Å². The quantitative estimate of drug-likeness (QED) is 0.806. The third kappa shape index (κ3) is 3.38. The number of carbonyl (C=O) groups is 2. The van der Waals surface area contributed by atoms with Gasteiger partial charge in [-0.15, -0.1) is 0 Å². The van der Waals surface area contributed by atoms with E-state index in [4.69, 9.17) is 23.2 Å². The van der Waals surface area contributed by atoms with Crippen LogP contribution in [0.2, 0.25) is 10.0 Å². The molecule has 3 heterocycles. The third-order valence-corrected chi connectivity index (χ3v) is 6.45. The lowest BCUT2D eigenvalue weighted by Gasteiger charge is -2.34. The SMILES string of the molecule is O=C(NC1CCN(c2ccc(Cl)c(Cl)c2)C1=O)N1CC[C@@H]2CNC[C@@H]2C1. The Bertz CT molecular complexity index is 729. The first-order valence-electron chi connectivity index (χ1n) is 9.05. The zero-order valence-electron chi connectivity index (χ0n) is 14.4. The Kier molecular flexibility index (Phi) is 4.99. The van der Waals surface area contributed by atoms with Crippen LogP contribution in [0.25, 0.3) is 0 Å². The number of benzene rings is 1. The lowest BCUT2D eigenvalue weighted by molar-refractivity contribution is -0.118. The van der Waals surface area contributed by atoms with Gasteiger partial charge in [0.1, 0.15) is 6.04 Å². The van der Waals surface area contributed by atoms with Crippen molar-refractivity contribution in [2.45, 2.75) is 18.9 Å². The smallest absolute Gasteiger partial charge is 0.318 e. The van der Waals surface area contributed by atoms with Crippen molar-refractivity contribution in [3.63, 3.8) is 0 Å². The standard InChI is InChI=1S/C18H22Cl2N4O2/c19-14-2-1-13(7-15(14)20)24-6-4-16(17(24)25)22-18(26)23-5-3-11-8-21-9-12(11)10-23/h1-2,7,11-12,16,21H,3-6,8-10H2,(H,22,26)/t11-,12-,16?/m1/s1. The predicted octanol–water partition coefficient (Wildman–Crippen LogP) is 2.35. The Balaban J connectivity index is 1.37. The van der Waals surface area contributed by atoms with Crippen LogP contribution in [0, 0.1) is 11.8 Å². The molecule has 3 amide bonds. The lowest BCUT2D eigenvalue weighted by atomic mass is 9.89. The number of carbonyl (C=O) groups excluding carboxylic acids is 2. The minimum atomic E-state index is -0.489. The maximum atomic E-state index is 12.7. The summed E-state index contributed by atoms with van der Waals surface area (Å²) in [6.07, 6.45) is 1.62. The molecule has 6 nitrogen and oxygen atoms in total. The molecule has 1 aromatic carbocycles. The van der Waals surface area contributed by atoms with Gasteiger partial charge in [-0.2, -0.15) is 0 Å². The van der Waals surface area contributed by atoms with Crippen LogP contribution in [0.15, 0.2) is 18.2 Å². The zero-order valence-corrected chi connectivity index (χ0v) is 15.9. The summed E-state index contributed by atoms with van der Waals surface area (Å²) in [7, 11) is 0. The summed E-state index contributed by atoms with van der Waals surface area (Å²) in [5, 5.41) is 7.19. The monoisotopic (exact) mass is 396 g/mol. The topological polar surface area (TPSA) is 64.7 Å². The fraction of sp³-hybridized carbons (Fsp3) is 0.556. The number of halogens is 2. The van der Waals surface area contributed by atoms with Crippen molar-refractivity contribution < 1.29 is 9.59 Å². The highest BCUT2D eigenvalue weighted by Crippen LogP contribution is 2.30. The van der Waals surface area contributed by atoms with E-state index in [0.717, 1.165) is 32.6 Å². The molecule has 3 saturated heterocycles. The van der Waals surface area contributed by atoms with Crippen molar-refractivity contribution in [3.8, 4) is 0 Å². The maximum Gasteiger partial charge on any atom is 0.318 e. The molecule has 0 spiro atoms. The fourth-order valence-electron chi connectivity index (χ4n) is 4.18. The number of nitrogens with zero attached hydrogens (tertiary/aromatic N) is 2. The van der Waals surface area contributed by atoms with Crippen LogP contribution < -0.4 is 15.5 Å². The number of hydrogen-bond donors (Lipinski definition) is 2. The Hall–Kier alpha value is -1.50. The van der Waals surface area contributed by atoms with Gasteiger partial charge in [0.15, 0.2) is 0 Å². The number of amides is 3. The van der Waals surface area contributed by atoms with Crippen molar-refractivity contribution in [1.29, 1.82) is 0 Å². The first-order chi connectivity index (χ1) is 12.5. The molecule has 26 heavy (non-hydrogen) atoms. The molecular formula is C18H22Cl2N4O2. The zero-order chi connectivity index (χ0) is 18.3. The van der Waals surface area contributed by atoms with Gasteiger partial charge in [0.25, 0.3) is 0 Å². The van der Waals surface area contributed by atoms with Crippen molar-refractivity contribution in [3.05, 3.63) is 28.2 Å². The van der Waals surface area contributed by atoms with Gasteiger partial charge in [0.05, 0.1) is 10.0 Å². The second-order valence-electron chi connectivity index (χ2n) is 7.29. The molecule has 3 atom stereocenters. The molecule has 4 rings (SSSR count). The number of fused-ring (bicyclic) bond motifs is 1. The minimum Gasteiger partial charge on any atom is -0.326 e. The van der Waals surface area contributed by atoms with Gasteiger partial charge < -0.3 is 20.4 Å². The molecular weight excluding hydrogens is 375 g/mol. The third-order valence-electron chi connectivity index (χ3n) is 5.71. The molecule has 1 unspecified atom stereocenters. The Labute approximate surface area is 162 Å². The number of nitrogens with one attached hydrogen (secondary N) is 2. The van der Waals surface area contributed by atoms with Gasteiger partial charge >= 0.3 is 6.03 Å². The Morgan fingerprint density at radius 1 is 1.12 bits per heavy atom. The number of hydrogen-bond acceptors (Lipinski definition) is 3. The van der Waals surface area contributed by atoms with E-state index in [2.05, 4.69) is 10.6 Å². The van der Waals surface area contributed by atoms with E-state index in [9.17, 15) is 9.59 Å². The minimum absolute atomic E-state index is 0.103. The summed E-state index contributed by atoms with van der Waals surface area (Å²) >= 11 is 12.0. The van der Waals surface area contributed by atoms with Crippen LogP contribution >= 0.6 is 23.2 Å². The first-order valence-corrected chi connectivity index (χ1v) is 9.81. The van der Waals surface area contributed by atoms with Gasteiger partial charge in [-0.1, -0.05) is 23.2 Å². The molecule has 3 aliphatic heterocycles. The number of urea groups is 1. The molecule has 0 radical (unpaired) electrons. The molecule has 2 N–H and O–H groups in total. The highest BCUT2D eigenvalue weighted by Gasteiger charge is 2.38. The average Bonchev–Trinajstić information content (AvgIpc) is 3.24. The van der Waals surface area contributed by atoms with Gasteiger partial charge in [-0.05, 0) is 56.0 Å². The normalized spacial score (nSPS) is 28.4. The molecule has 1 aromatic rings. The second kappa shape index (κ2) is 7.25. The molecule has 0 aliphatic carbocycles. The molecule has 3 fully saturated rings. The van der Waals surface area contributed by atoms with Gasteiger partial charge in [-0.3, -0.25) is 4.79 Å². The van der Waals surface area contributed by atoms with E-state index in [1.165, 1.54) is 0 Å². The first kappa shape index (κ1) is 17.9. The number of anilines is 1. The molecule has 3 aliphatic rings. The predicted molar refractivity (Wildman–Crippen MR) is 102 cm³/mol. The number of likely N-dealkylation sites (tertiary alicyclic amines) is 1. The van der Waals surface area contributed by atoms with E-state index < -0.39 is 6.04 Å². The van der Waals surface area contributed by atoms with Crippen molar-refractivity contribution in [2.24, 2.45) is 11.8 Å². The van der Waals surface area contributed by atoms with Crippen LogP contribution in [0.5, 0.6) is 0 Å². The van der Waals surface area contributed by atoms with Crippen LogP contribution in [0.3, 0.4) is 0 Å². The van der Waals surface area contributed by atoms with Crippen molar-refractivity contribution >= 4 is 40.8 Å². The van der Waals surface area contributed by atoms with Crippen molar-refractivity contribution in [2.75, 3.05) is 37.6 Å². The average molecular weight is 397 g/mol. The molecule has 0 aromatic heterocycles. The summed E-state index contributed by atoms with van der Waals surface area (Å²) in [5.74, 6) is 1.10. The number of piperidine rings is 1. The van der Waals surface area contributed by atoms with E-state index >= 15 is 0 Å². The van der Waals surface area contributed by atoms with Gasteiger partial charge in [-0.25, -0.2) is 4.79 Å². The summed E-state index contributed by atoms with van der Waals surface area (Å²) in [4.78, 5) is 28.8. The summed E-state index contributed by atoms with van der Waals surface area (Å²) < 4.78 is 0. The van der Waals surface area contributed by atoms with E-state index in [0.29, 0.717) is 40.5 Å². The van der Waals surface area contributed by atoms with E-state index in [-0.39, 0.29) is 11.9 Å². The van der Waals surface area contributed by atoms with Gasteiger partial charge in [0, 0.05) is 25.3 Å². The Morgan fingerprint density at radius 2 is 1.92 bits per heavy atom. The van der Waals surface area contributed by atoms with Gasteiger partial charge in [0.2, 0.25) is 5.91 Å². The number of rotatable bonds is 2. The molecule has 0 bridgehead atoms. The van der Waals surface area contributed by atoms with Crippen molar-refractivity contribution in [1.82, 2.24) is 15.5 Å². The summed E-state index contributed by atoms with van der Waals surface area (Å²) in [5.41, 5.74) is 0.707. The van der Waals surface area contributed by atoms with E-state index in [1.807, 2.05) is 4.90 Å². The highest BCUT2D eigenvalue weighted by molar-refractivity contribution is 6.42. The van der Waals surface area contributed by atoms with Crippen LogP contribution in [-0.4, -0.2) is 55.6 Å². The molecule has 8 heteroatoms. The summed E-state index contributed by atoms with van der Waals surface area (Å²) in [6.45, 7) is 4.10. The highest BCUT2D eigenvalue weighted by atomic mass is 35.5. The summed E-state index contributed by atoms with van der Waals surface area (Å²) in [6, 6.07) is 4.51. The Morgan fingerprint density at radius 3 is 2.73 bits per heavy atom. The maximum absolute atomic E-state index is 12.7. The van der Waals surface area contributed by atoms with Crippen LogP contribution in [0.1, 0.15) is 12.8 Å². The molecule has 140 valence electrons. The van der Waals surface area contributed by atoms with E-state index in [1.54, 1.807) is 23.1 Å². The second-order valence-corrected chi connectivity index (χ2v) is 8.11. The van der Waals surface area contributed by atoms with Crippen LogP contribution in [0.4, 0.5) is 10.5 Å². The molecule has 0 saturated carbocycles.